The maximum atomic E-state index is 12.2. The van der Waals surface area contributed by atoms with E-state index in [4.69, 9.17) is 32.7 Å². The summed E-state index contributed by atoms with van der Waals surface area (Å²) in [6.45, 7) is 4.45. The second kappa shape index (κ2) is 11.8. The predicted molar refractivity (Wildman–Crippen MR) is 132 cm³/mol. The molecule has 2 N–H and O–H groups in total. The molecule has 178 valence electrons. The Kier molecular flexibility index (Phi) is 8.79. The smallest absolute Gasteiger partial charge is 0.339 e. The van der Waals surface area contributed by atoms with E-state index in [-0.39, 0.29) is 37.0 Å². The van der Waals surface area contributed by atoms with Crippen molar-refractivity contribution in [2.24, 2.45) is 0 Å². The van der Waals surface area contributed by atoms with Crippen molar-refractivity contribution in [2.75, 3.05) is 6.61 Å². The van der Waals surface area contributed by atoms with Gasteiger partial charge in [0.2, 0.25) is 0 Å². The minimum atomic E-state index is -1.11. The molecule has 6 nitrogen and oxygen atoms in total. The Morgan fingerprint density at radius 3 is 2.26 bits per heavy atom. The van der Waals surface area contributed by atoms with E-state index in [0.717, 1.165) is 11.1 Å². The molecule has 8 heteroatoms. The van der Waals surface area contributed by atoms with Crippen LogP contribution in [0.15, 0.2) is 60.7 Å². The predicted octanol–water partition coefficient (Wildman–Crippen LogP) is 6.09. The second-order valence-electron chi connectivity index (χ2n) is 7.96. The molecule has 1 amide bonds. The van der Waals surface area contributed by atoms with E-state index in [2.05, 4.69) is 19.2 Å². The van der Waals surface area contributed by atoms with Crippen molar-refractivity contribution in [3.05, 3.63) is 93.0 Å². The fourth-order valence-electron chi connectivity index (χ4n) is 3.10. The summed E-state index contributed by atoms with van der Waals surface area (Å²) in [5.41, 5.74) is 2.93. The van der Waals surface area contributed by atoms with Gasteiger partial charge in [-0.25, -0.2) is 4.79 Å². The van der Waals surface area contributed by atoms with Crippen molar-refractivity contribution in [2.45, 2.75) is 32.9 Å². The summed E-state index contributed by atoms with van der Waals surface area (Å²) in [6.07, 6.45) is 0. The number of carbonyl (C=O) groups excluding carboxylic acids is 1. The second-order valence-corrected chi connectivity index (χ2v) is 8.78. The fourth-order valence-corrected chi connectivity index (χ4v) is 3.42. The molecule has 34 heavy (non-hydrogen) atoms. The van der Waals surface area contributed by atoms with Gasteiger partial charge < -0.3 is 19.9 Å². The van der Waals surface area contributed by atoms with E-state index < -0.39 is 5.97 Å². The molecule has 0 atom stereocenters. The molecular weight excluding hydrogens is 477 g/mol. The first-order valence-corrected chi connectivity index (χ1v) is 11.4. The number of ether oxygens (including phenoxy) is 2. The van der Waals surface area contributed by atoms with Crippen LogP contribution in [-0.2, 0) is 17.9 Å². The molecule has 0 unspecified atom stereocenters. The van der Waals surface area contributed by atoms with Crippen LogP contribution >= 0.6 is 23.2 Å². The van der Waals surface area contributed by atoms with Crippen LogP contribution in [0.4, 0.5) is 0 Å². The average molecular weight is 502 g/mol. The Morgan fingerprint density at radius 2 is 1.62 bits per heavy atom. The van der Waals surface area contributed by atoms with Gasteiger partial charge in [0.1, 0.15) is 23.7 Å². The molecular formula is C26H25Cl2NO5. The Morgan fingerprint density at radius 1 is 0.912 bits per heavy atom. The highest BCUT2D eigenvalue weighted by Crippen LogP contribution is 2.27. The number of hydrogen-bond donors (Lipinski definition) is 2. The number of carboxylic acids is 1. The van der Waals surface area contributed by atoms with Gasteiger partial charge in [-0.15, -0.1) is 0 Å². The Balaban J connectivity index is 1.59. The maximum absolute atomic E-state index is 12.2. The summed E-state index contributed by atoms with van der Waals surface area (Å²) in [7, 11) is 0. The third-order valence-electron chi connectivity index (χ3n) is 5.07. The van der Waals surface area contributed by atoms with Gasteiger partial charge in [-0.2, -0.15) is 0 Å². The molecule has 0 fully saturated rings. The van der Waals surface area contributed by atoms with Gasteiger partial charge in [-0.05, 0) is 46.9 Å². The third kappa shape index (κ3) is 7.14. The van der Waals surface area contributed by atoms with E-state index in [1.54, 1.807) is 18.2 Å². The van der Waals surface area contributed by atoms with Gasteiger partial charge >= 0.3 is 5.97 Å². The van der Waals surface area contributed by atoms with Crippen molar-refractivity contribution >= 4 is 35.1 Å². The lowest BCUT2D eigenvalue weighted by Gasteiger charge is -2.13. The summed E-state index contributed by atoms with van der Waals surface area (Å²) in [5.74, 6) is -0.560. The molecule has 0 aliphatic heterocycles. The van der Waals surface area contributed by atoms with Gasteiger partial charge in [-0.1, -0.05) is 67.4 Å². The molecule has 0 saturated carbocycles. The van der Waals surface area contributed by atoms with Crippen LogP contribution in [0, 0.1) is 0 Å². The number of benzene rings is 3. The van der Waals surface area contributed by atoms with Crippen molar-refractivity contribution in [1.82, 2.24) is 5.32 Å². The van der Waals surface area contributed by atoms with E-state index in [9.17, 15) is 14.7 Å². The first kappa shape index (κ1) is 25.4. The lowest BCUT2D eigenvalue weighted by atomic mass is 10.0. The highest BCUT2D eigenvalue weighted by atomic mass is 35.5. The highest BCUT2D eigenvalue weighted by Gasteiger charge is 2.14. The fraction of sp³-hybridized carbons (Fsp3) is 0.231. The number of rotatable bonds is 10. The van der Waals surface area contributed by atoms with Crippen LogP contribution in [0.1, 0.15) is 46.8 Å². The van der Waals surface area contributed by atoms with Crippen LogP contribution < -0.4 is 14.8 Å². The number of hydrogen-bond acceptors (Lipinski definition) is 4. The molecule has 0 aliphatic carbocycles. The maximum Gasteiger partial charge on any atom is 0.339 e. The highest BCUT2D eigenvalue weighted by molar-refractivity contribution is 6.42. The molecule has 3 aromatic rings. The van der Waals surface area contributed by atoms with Gasteiger partial charge in [0, 0.05) is 12.6 Å². The molecule has 3 aromatic carbocycles. The quantitative estimate of drug-likeness (QED) is 0.351. The Hall–Kier alpha value is -3.22. The topological polar surface area (TPSA) is 84.9 Å². The molecule has 0 heterocycles. The van der Waals surface area contributed by atoms with Gasteiger partial charge in [-0.3, -0.25) is 4.79 Å². The van der Waals surface area contributed by atoms with E-state index in [0.29, 0.717) is 21.7 Å². The SMILES string of the molecule is CC(C)c1ccc(COc2cc(OCC(=O)NCc3ccc(Cl)c(Cl)c3)ccc2C(=O)O)cc1. The summed E-state index contributed by atoms with van der Waals surface area (Å²) in [4.78, 5) is 23.8. The first-order valence-electron chi connectivity index (χ1n) is 10.7. The monoisotopic (exact) mass is 501 g/mol. The zero-order valence-corrected chi connectivity index (χ0v) is 20.3. The summed E-state index contributed by atoms with van der Waals surface area (Å²) in [6, 6.07) is 17.4. The summed E-state index contributed by atoms with van der Waals surface area (Å²) in [5, 5.41) is 13.1. The first-order chi connectivity index (χ1) is 16.2. The Labute approximate surface area is 208 Å². The Bertz CT molecular complexity index is 1160. The summed E-state index contributed by atoms with van der Waals surface area (Å²) < 4.78 is 11.3. The van der Waals surface area contributed by atoms with Crippen LogP contribution in [0.2, 0.25) is 10.0 Å². The van der Waals surface area contributed by atoms with Crippen LogP contribution in [0.3, 0.4) is 0 Å². The van der Waals surface area contributed by atoms with Crippen molar-refractivity contribution in [1.29, 1.82) is 0 Å². The number of halogens is 2. The minimum Gasteiger partial charge on any atom is -0.488 e. The van der Waals surface area contributed by atoms with E-state index in [1.807, 2.05) is 24.3 Å². The number of nitrogens with one attached hydrogen (secondary N) is 1. The lowest BCUT2D eigenvalue weighted by Crippen LogP contribution is -2.28. The lowest BCUT2D eigenvalue weighted by molar-refractivity contribution is -0.123. The molecule has 0 spiro atoms. The minimum absolute atomic E-state index is 0.00946. The van der Waals surface area contributed by atoms with Gasteiger partial charge in [0.05, 0.1) is 10.0 Å². The number of aromatic carboxylic acids is 1. The molecule has 0 aromatic heterocycles. The average Bonchev–Trinajstić information content (AvgIpc) is 2.82. The standard InChI is InChI=1S/C26H25Cl2NO5/c1-16(2)19-6-3-17(4-7-19)14-34-24-12-20(8-9-21(24)26(31)32)33-15-25(30)29-13-18-5-10-22(27)23(28)11-18/h3-12,16H,13-15H2,1-2H3,(H,29,30)(H,31,32). The van der Waals surface area contributed by atoms with E-state index in [1.165, 1.54) is 23.8 Å². The van der Waals surface area contributed by atoms with Gasteiger partial charge in [0.25, 0.3) is 5.91 Å². The largest absolute Gasteiger partial charge is 0.488 e. The number of carbonyl (C=O) groups is 2. The van der Waals surface area contributed by atoms with E-state index >= 15 is 0 Å². The zero-order chi connectivity index (χ0) is 24.7. The molecule has 0 bridgehead atoms. The normalized spacial score (nSPS) is 10.7. The van der Waals surface area contributed by atoms with Crippen LogP contribution in [0.25, 0.3) is 0 Å². The summed E-state index contributed by atoms with van der Waals surface area (Å²) >= 11 is 11.9. The molecule has 3 rings (SSSR count). The van der Waals surface area contributed by atoms with Crippen molar-refractivity contribution in [3.8, 4) is 11.5 Å². The van der Waals surface area contributed by atoms with Gasteiger partial charge in [0.15, 0.2) is 6.61 Å². The zero-order valence-electron chi connectivity index (χ0n) is 18.8. The third-order valence-corrected chi connectivity index (χ3v) is 5.81. The van der Waals surface area contributed by atoms with Crippen molar-refractivity contribution in [3.63, 3.8) is 0 Å². The molecule has 0 saturated heterocycles. The van der Waals surface area contributed by atoms with Crippen LogP contribution in [-0.4, -0.2) is 23.6 Å². The number of amides is 1. The molecule has 0 radical (unpaired) electrons. The number of carboxylic acid groups (broad SMARTS) is 1. The molecule has 0 aliphatic rings. The van der Waals surface area contributed by atoms with Crippen molar-refractivity contribution < 1.29 is 24.2 Å². The van der Waals surface area contributed by atoms with Crippen LogP contribution in [0.5, 0.6) is 11.5 Å².